The van der Waals surface area contributed by atoms with Crippen LogP contribution in [0.4, 0.5) is 0 Å². The molecule has 0 aliphatic heterocycles. The lowest BCUT2D eigenvalue weighted by molar-refractivity contribution is 1.06. The molecule has 0 saturated heterocycles. The van der Waals surface area contributed by atoms with Gasteiger partial charge in [-0.25, -0.2) is 4.98 Å². The first-order valence-electron chi connectivity index (χ1n) is 4.86. The van der Waals surface area contributed by atoms with Crippen molar-refractivity contribution < 1.29 is 0 Å². The zero-order chi connectivity index (χ0) is 11.4. The minimum Gasteiger partial charge on any atom is -0.326 e. The third kappa shape index (κ3) is 3.07. The van der Waals surface area contributed by atoms with Crippen molar-refractivity contribution in [2.24, 2.45) is 5.73 Å². The smallest absolute Gasteiger partial charge is 0.101 e. The monoisotopic (exact) mass is 294 g/mol. The zero-order valence-corrected chi connectivity index (χ0v) is 11.0. The highest BCUT2D eigenvalue weighted by atomic mass is 79.9. The molecule has 0 radical (unpaired) electrons. The third-order valence-electron chi connectivity index (χ3n) is 2.06. The predicted molar refractivity (Wildman–Crippen MR) is 70.4 cm³/mol. The van der Waals surface area contributed by atoms with Crippen LogP contribution in [0.15, 0.2) is 57.0 Å². The van der Waals surface area contributed by atoms with Gasteiger partial charge < -0.3 is 5.73 Å². The molecular formula is C12H11BrN2S. The molecule has 0 fully saturated rings. The highest BCUT2D eigenvalue weighted by Gasteiger charge is 1.99. The summed E-state index contributed by atoms with van der Waals surface area (Å²) in [5.74, 6) is 0. The fourth-order valence-electron chi connectivity index (χ4n) is 1.28. The van der Waals surface area contributed by atoms with Crippen LogP contribution in [0.5, 0.6) is 0 Å². The quantitative estimate of drug-likeness (QED) is 0.942. The van der Waals surface area contributed by atoms with Crippen molar-refractivity contribution in [3.8, 4) is 0 Å². The van der Waals surface area contributed by atoms with Gasteiger partial charge in [0.1, 0.15) is 5.03 Å². The molecule has 2 rings (SSSR count). The number of halogens is 1. The van der Waals surface area contributed by atoms with Gasteiger partial charge in [-0.05, 0) is 45.8 Å². The van der Waals surface area contributed by atoms with Gasteiger partial charge in [0.25, 0.3) is 0 Å². The largest absolute Gasteiger partial charge is 0.326 e. The molecule has 1 aromatic heterocycles. The van der Waals surface area contributed by atoms with Crippen molar-refractivity contribution in [1.82, 2.24) is 4.98 Å². The van der Waals surface area contributed by atoms with E-state index in [1.807, 2.05) is 24.3 Å². The Morgan fingerprint density at radius 1 is 1.25 bits per heavy atom. The van der Waals surface area contributed by atoms with Crippen molar-refractivity contribution in [2.75, 3.05) is 0 Å². The lowest BCUT2D eigenvalue weighted by Crippen LogP contribution is -1.95. The molecule has 2 N–H and O–H groups in total. The second kappa shape index (κ2) is 5.48. The summed E-state index contributed by atoms with van der Waals surface area (Å²) in [5.41, 5.74) is 6.74. The van der Waals surface area contributed by atoms with Crippen LogP contribution in [0.3, 0.4) is 0 Å². The summed E-state index contributed by atoms with van der Waals surface area (Å²) in [7, 11) is 0. The molecule has 82 valence electrons. The minimum absolute atomic E-state index is 0.572. The Kier molecular flexibility index (Phi) is 3.98. The highest BCUT2D eigenvalue weighted by Crippen LogP contribution is 2.27. The second-order valence-corrected chi connectivity index (χ2v) is 5.28. The van der Waals surface area contributed by atoms with E-state index in [0.29, 0.717) is 6.54 Å². The predicted octanol–water partition coefficient (Wildman–Crippen LogP) is 3.45. The number of rotatable bonds is 3. The average Bonchev–Trinajstić information content (AvgIpc) is 2.32. The topological polar surface area (TPSA) is 38.9 Å². The van der Waals surface area contributed by atoms with E-state index < -0.39 is 0 Å². The maximum absolute atomic E-state index is 5.60. The fraction of sp³-hybridized carbons (Fsp3) is 0.0833. The van der Waals surface area contributed by atoms with Gasteiger partial charge in [0.2, 0.25) is 0 Å². The highest BCUT2D eigenvalue weighted by molar-refractivity contribution is 9.10. The molecular weight excluding hydrogens is 284 g/mol. The standard InChI is InChI=1S/C12H11BrN2S/c13-10-4-5-12(15-8-10)16-11-3-1-2-9(6-11)7-14/h1-6,8H,7,14H2. The molecule has 16 heavy (non-hydrogen) atoms. The van der Waals surface area contributed by atoms with Crippen LogP contribution in [-0.2, 0) is 6.54 Å². The normalized spacial score (nSPS) is 10.4. The summed E-state index contributed by atoms with van der Waals surface area (Å²) in [6.45, 7) is 0.572. The van der Waals surface area contributed by atoms with E-state index in [4.69, 9.17) is 5.73 Å². The molecule has 1 aromatic carbocycles. The first-order chi connectivity index (χ1) is 7.78. The van der Waals surface area contributed by atoms with Crippen molar-refractivity contribution in [2.45, 2.75) is 16.5 Å². The SMILES string of the molecule is NCc1cccc(Sc2ccc(Br)cn2)c1. The van der Waals surface area contributed by atoms with E-state index >= 15 is 0 Å². The van der Waals surface area contributed by atoms with Crippen molar-refractivity contribution in [1.29, 1.82) is 0 Å². The Bertz CT molecular complexity index is 471. The Labute approximate surface area is 107 Å². The number of aromatic nitrogens is 1. The van der Waals surface area contributed by atoms with Crippen LogP contribution >= 0.6 is 27.7 Å². The van der Waals surface area contributed by atoms with Crippen LogP contribution in [0.2, 0.25) is 0 Å². The second-order valence-electron chi connectivity index (χ2n) is 3.27. The molecule has 0 atom stereocenters. The summed E-state index contributed by atoms with van der Waals surface area (Å²) in [5, 5.41) is 0.984. The Balaban J connectivity index is 2.16. The van der Waals surface area contributed by atoms with Crippen LogP contribution < -0.4 is 5.73 Å². The van der Waals surface area contributed by atoms with Crippen molar-refractivity contribution in [3.05, 3.63) is 52.6 Å². The molecule has 2 aromatic rings. The lowest BCUT2D eigenvalue weighted by Gasteiger charge is -2.03. The molecule has 0 spiro atoms. The maximum Gasteiger partial charge on any atom is 0.101 e. The molecule has 1 heterocycles. The summed E-state index contributed by atoms with van der Waals surface area (Å²) in [4.78, 5) is 5.48. The maximum atomic E-state index is 5.60. The van der Waals surface area contributed by atoms with E-state index in [9.17, 15) is 0 Å². The van der Waals surface area contributed by atoms with Gasteiger partial charge in [0.15, 0.2) is 0 Å². The van der Waals surface area contributed by atoms with Gasteiger partial charge in [0.05, 0.1) is 0 Å². The Morgan fingerprint density at radius 3 is 2.81 bits per heavy atom. The first kappa shape index (κ1) is 11.6. The number of hydrogen-bond donors (Lipinski definition) is 1. The number of benzene rings is 1. The van der Waals surface area contributed by atoms with Crippen molar-refractivity contribution in [3.63, 3.8) is 0 Å². The van der Waals surface area contributed by atoms with E-state index in [1.165, 1.54) is 0 Å². The molecule has 0 saturated carbocycles. The summed E-state index contributed by atoms with van der Waals surface area (Å²) >= 11 is 5.00. The van der Waals surface area contributed by atoms with E-state index in [-0.39, 0.29) is 0 Å². The summed E-state index contributed by atoms with van der Waals surface area (Å²) in [6, 6.07) is 12.2. The minimum atomic E-state index is 0.572. The Hall–Kier alpha value is -0.840. The van der Waals surface area contributed by atoms with E-state index in [0.717, 1.165) is 20.0 Å². The first-order valence-corrected chi connectivity index (χ1v) is 6.47. The van der Waals surface area contributed by atoms with Gasteiger partial charge in [-0.2, -0.15) is 0 Å². The van der Waals surface area contributed by atoms with Gasteiger partial charge in [0, 0.05) is 22.1 Å². The van der Waals surface area contributed by atoms with Crippen LogP contribution in [0.1, 0.15) is 5.56 Å². The molecule has 0 aliphatic carbocycles. The summed E-state index contributed by atoms with van der Waals surface area (Å²) < 4.78 is 0.993. The van der Waals surface area contributed by atoms with Gasteiger partial charge in [-0.3, -0.25) is 0 Å². The number of pyridine rings is 1. The zero-order valence-electron chi connectivity index (χ0n) is 8.56. The van der Waals surface area contributed by atoms with Gasteiger partial charge in [-0.1, -0.05) is 23.9 Å². The molecule has 2 nitrogen and oxygen atoms in total. The molecule has 4 heteroatoms. The third-order valence-corrected chi connectivity index (χ3v) is 3.47. The molecule has 0 amide bonds. The number of hydrogen-bond acceptors (Lipinski definition) is 3. The lowest BCUT2D eigenvalue weighted by atomic mass is 10.2. The number of nitrogens with zero attached hydrogens (tertiary/aromatic N) is 1. The molecule has 0 bridgehead atoms. The average molecular weight is 295 g/mol. The van der Waals surface area contributed by atoms with Crippen molar-refractivity contribution >= 4 is 27.7 Å². The van der Waals surface area contributed by atoms with Gasteiger partial charge in [-0.15, -0.1) is 0 Å². The van der Waals surface area contributed by atoms with Crippen LogP contribution in [0.25, 0.3) is 0 Å². The van der Waals surface area contributed by atoms with Crippen LogP contribution in [-0.4, -0.2) is 4.98 Å². The number of nitrogens with two attached hydrogens (primary N) is 1. The van der Waals surface area contributed by atoms with E-state index in [1.54, 1.807) is 18.0 Å². The molecule has 0 unspecified atom stereocenters. The Morgan fingerprint density at radius 2 is 2.12 bits per heavy atom. The van der Waals surface area contributed by atoms with Gasteiger partial charge >= 0.3 is 0 Å². The fourth-order valence-corrected chi connectivity index (χ4v) is 2.35. The summed E-state index contributed by atoms with van der Waals surface area (Å²) in [6.07, 6.45) is 1.80. The molecule has 0 aliphatic rings. The van der Waals surface area contributed by atoms with E-state index in [2.05, 4.69) is 33.0 Å². The van der Waals surface area contributed by atoms with Crippen LogP contribution in [0, 0.1) is 0 Å².